The van der Waals surface area contributed by atoms with Crippen LogP contribution < -0.4 is 21.5 Å². The molecular weight excluding hydrogens is 512 g/mol. The Morgan fingerprint density at radius 3 is 2.68 bits per heavy atom. The Morgan fingerprint density at radius 2 is 1.95 bits per heavy atom. The molecule has 6 unspecified atom stereocenters. The normalized spacial score (nSPS) is 26.7. The van der Waals surface area contributed by atoms with Crippen molar-refractivity contribution in [3.05, 3.63) is 23.5 Å². The smallest absolute Gasteiger partial charge is 0.241 e. The van der Waals surface area contributed by atoms with Gasteiger partial charge in [-0.2, -0.15) is 5.10 Å². The molecule has 5 heterocycles. The molecule has 0 spiro atoms. The van der Waals surface area contributed by atoms with Gasteiger partial charge in [-0.05, 0) is 57.3 Å². The first-order chi connectivity index (χ1) is 19.9. The Hall–Kier alpha value is -2.23. The maximum atomic E-state index is 14.0. The lowest BCUT2D eigenvalue weighted by Crippen LogP contribution is -2.48. The van der Waals surface area contributed by atoms with Gasteiger partial charge in [-0.1, -0.05) is 59.3 Å². The fraction of sp³-hybridized carbons (Fsp3) is 0.781. The molecule has 2 aromatic rings. The Bertz CT molecular complexity index is 1150. The third kappa shape index (κ3) is 6.89. The molecule has 0 radical (unpaired) electrons. The third-order valence-corrected chi connectivity index (χ3v) is 10.1. The number of likely N-dealkylation sites (tertiary alicyclic amines) is 1. The summed E-state index contributed by atoms with van der Waals surface area (Å²) in [6.45, 7) is 11.6. The van der Waals surface area contributed by atoms with E-state index in [1.165, 1.54) is 38.5 Å². The fourth-order valence-corrected chi connectivity index (χ4v) is 7.42. The topological polar surface area (TPSA) is 104 Å². The zero-order valence-corrected chi connectivity index (χ0v) is 25.9. The number of fused-ring (bicyclic) bond motifs is 1. The van der Waals surface area contributed by atoms with Crippen LogP contribution in [0.1, 0.15) is 115 Å². The number of nitrogens with zero attached hydrogens (tertiary/aromatic N) is 5. The number of rotatable bonds is 12. The highest BCUT2D eigenvalue weighted by atomic mass is 16.2. The summed E-state index contributed by atoms with van der Waals surface area (Å²) in [7, 11) is 0. The Balaban J connectivity index is 1.25. The van der Waals surface area contributed by atoms with E-state index in [2.05, 4.69) is 60.6 Å². The molecule has 3 saturated heterocycles. The van der Waals surface area contributed by atoms with Crippen LogP contribution in [-0.2, 0) is 4.79 Å². The van der Waals surface area contributed by atoms with Gasteiger partial charge in [-0.15, -0.1) is 0 Å². The van der Waals surface area contributed by atoms with Gasteiger partial charge < -0.3 is 15.5 Å². The second kappa shape index (κ2) is 13.8. The van der Waals surface area contributed by atoms with Crippen molar-refractivity contribution in [1.29, 1.82) is 0 Å². The quantitative estimate of drug-likeness (QED) is 0.336. The molecule has 0 aliphatic carbocycles. The number of hydrogen-bond acceptors (Lipinski definition) is 7. The summed E-state index contributed by atoms with van der Waals surface area (Å²) in [5.74, 6) is 2.64. The van der Waals surface area contributed by atoms with Crippen molar-refractivity contribution in [3.8, 4) is 0 Å². The van der Waals surface area contributed by atoms with Gasteiger partial charge in [0.2, 0.25) is 5.91 Å². The summed E-state index contributed by atoms with van der Waals surface area (Å²) in [5, 5.41) is 4.95. The number of carbonyl (C=O) groups is 1. The highest BCUT2D eigenvalue weighted by Crippen LogP contribution is 2.34. The van der Waals surface area contributed by atoms with E-state index in [4.69, 9.17) is 15.8 Å². The number of hydrazine groups is 1. The minimum absolute atomic E-state index is 0.00591. The zero-order chi connectivity index (χ0) is 28.9. The lowest BCUT2D eigenvalue weighted by atomic mass is 9.84. The minimum Gasteiger partial charge on any atom is -0.355 e. The largest absolute Gasteiger partial charge is 0.355 e. The lowest BCUT2D eigenvalue weighted by Gasteiger charge is -2.36. The summed E-state index contributed by atoms with van der Waals surface area (Å²) in [5.41, 5.74) is 16.0. The van der Waals surface area contributed by atoms with Crippen molar-refractivity contribution < 1.29 is 4.79 Å². The van der Waals surface area contributed by atoms with Crippen LogP contribution in [-0.4, -0.2) is 63.2 Å². The molecule has 2 aromatic heterocycles. The van der Waals surface area contributed by atoms with E-state index in [9.17, 15) is 4.79 Å². The van der Waals surface area contributed by atoms with Gasteiger partial charge in [0.25, 0.3) is 0 Å². The number of aryl methyl sites for hydroxylation is 1. The highest BCUT2D eigenvalue weighted by Gasteiger charge is 2.39. The number of hydrogen-bond donors (Lipinski definition) is 3. The number of anilines is 1. The molecule has 41 heavy (non-hydrogen) atoms. The lowest BCUT2D eigenvalue weighted by molar-refractivity contribution is -0.137. The standard InChI is InChI=1S/C32H54N8O/c1-5-8-11-23(6-2)13-14-24(7-3)26-18-28(36-35-26)32(41)39-16-10-9-12-29(39)27-19-30-34-31(22(4)20-40(30)37-27)38-17-15-25(33)21-38/h19-20,23-26,28-29,35-36H,5-18,21,33H2,1-4H3. The average Bonchev–Trinajstić information content (AvgIpc) is 3.74. The van der Waals surface area contributed by atoms with Crippen LogP contribution in [0.5, 0.6) is 0 Å². The van der Waals surface area contributed by atoms with E-state index < -0.39 is 0 Å². The summed E-state index contributed by atoms with van der Waals surface area (Å²) in [6, 6.07) is 2.46. The maximum Gasteiger partial charge on any atom is 0.241 e. The molecule has 9 heteroatoms. The molecule has 6 atom stereocenters. The molecule has 0 aromatic carbocycles. The van der Waals surface area contributed by atoms with E-state index in [-0.39, 0.29) is 24.0 Å². The number of nitrogens with one attached hydrogen (secondary N) is 2. The predicted octanol–water partition coefficient (Wildman–Crippen LogP) is 4.89. The molecule has 3 fully saturated rings. The predicted molar refractivity (Wildman–Crippen MR) is 166 cm³/mol. The molecule has 0 bridgehead atoms. The van der Waals surface area contributed by atoms with Crippen molar-refractivity contribution >= 4 is 17.4 Å². The van der Waals surface area contributed by atoms with Crippen molar-refractivity contribution in [2.45, 2.75) is 129 Å². The first kappa shape index (κ1) is 30.2. The molecule has 4 N–H and O–H groups in total. The number of carbonyl (C=O) groups excluding carboxylic acids is 1. The molecule has 3 aliphatic rings. The molecule has 3 aliphatic heterocycles. The van der Waals surface area contributed by atoms with Crippen molar-refractivity contribution in [1.82, 2.24) is 30.3 Å². The van der Waals surface area contributed by atoms with Crippen LogP contribution in [0.2, 0.25) is 0 Å². The van der Waals surface area contributed by atoms with Crippen molar-refractivity contribution in [2.75, 3.05) is 24.5 Å². The average molecular weight is 567 g/mol. The monoisotopic (exact) mass is 566 g/mol. The number of aromatic nitrogens is 3. The summed E-state index contributed by atoms with van der Waals surface area (Å²) < 4.78 is 1.89. The zero-order valence-electron chi connectivity index (χ0n) is 25.9. The highest BCUT2D eigenvalue weighted by molar-refractivity contribution is 5.82. The summed E-state index contributed by atoms with van der Waals surface area (Å²) in [4.78, 5) is 23.3. The van der Waals surface area contributed by atoms with Crippen LogP contribution in [0.25, 0.3) is 5.65 Å². The van der Waals surface area contributed by atoms with Gasteiger partial charge in [-0.25, -0.2) is 14.9 Å². The van der Waals surface area contributed by atoms with Gasteiger partial charge in [0.1, 0.15) is 11.9 Å². The van der Waals surface area contributed by atoms with Gasteiger partial charge in [0.05, 0.1) is 11.7 Å². The Morgan fingerprint density at radius 1 is 1.10 bits per heavy atom. The van der Waals surface area contributed by atoms with Gasteiger partial charge in [-0.3, -0.25) is 10.2 Å². The second-order valence-electron chi connectivity index (χ2n) is 13.0. The van der Waals surface area contributed by atoms with Crippen LogP contribution in [0.3, 0.4) is 0 Å². The van der Waals surface area contributed by atoms with Crippen LogP contribution in [0.4, 0.5) is 5.82 Å². The molecule has 5 rings (SSSR count). The van der Waals surface area contributed by atoms with Gasteiger partial charge in [0, 0.05) is 49.5 Å². The van der Waals surface area contributed by atoms with Crippen LogP contribution in [0, 0.1) is 18.8 Å². The second-order valence-corrected chi connectivity index (χ2v) is 13.0. The van der Waals surface area contributed by atoms with Gasteiger partial charge >= 0.3 is 0 Å². The number of piperidine rings is 1. The summed E-state index contributed by atoms with van der Waals surface area (Å²) in [6.07, 6.45) is 16.0. The fourth-order valence-electron chi connectivity index (χ4n) is 7.42. The van der Waals surface area contributed by atoms with E-state index in [1.807, 2.05) is 4.52 Å². The number of unbranched alkanes of at least 4 members (excludes halogenated alkanes) is 1. The van der Waals surface area contributed by atoms with E-state index in [1.54, 1.807) is 0 Å². The van der Waals surface area contributed by atoms with E-state index in [0.717, 1.165) is 86.8 Å². The third-order valence-electron chi connectivity index (χ3n) is 10.1. The molecule has 9 nitrogen and oxygen atoms in total. The Labute approximate surface area is 247 Å². The molecule has 1 amide bonds. The molecule has 0 saturated carbocycles. The Kier molecular flexibility index (Phi) is 10.2. The maximum absolute atomic E-state index is 14.0. The minimum atomic E-state index is -0.180. The first-order valence-electron chi connectivity index (χ1n) is 16.6. The van der Waals surface area contributed by atoms with Crippen molar-refractivity contribution in [3.63, 3.8) is 0 Å². The molecular formula is C32H54N8O. The van der Waals surface area contributed by atoms with E-state index >= 15 is 0 Å². The van der Waals surface area contributed by atoms with Crippen molar-refractivity contribution in [2.24, 2.45) is 17.6 Å². The van der Waals surface area contributed by atoms with E-state index in [0.29, 0.717) is 12.0 Å². The number of amides is 1. The summed E-state index contributed by atoms with van der Waals surface area (Å²) >= 11 is 0. The molecule has 228 valence electrons. The van der Waals surface area contributed by atoms with Crippen LogP contribution in [0.15, 0.2) is 12.3 Å². The number of nitrogens with two attached hydrogens (primary N) is 1. The van der Waals surface area contributed by atoms with Gasteiger partial charge in [0.15, 0.2) is 5.65 Å². The first-order valence-corrected chi connectivity index (χ1v) is 16.6. The van der Waals surface area contributed by atoms with Crippen LogP contribution >= 0.6 is 0 Å². The SMILES string of the molecule is CCCCC(CC)CCC(CC)C1CC(C(=O)N2CCCCC2c2cc3nc(N4CCC(N)C4)c(C)cn3n2)NN1.